The number of methoxy groups -OCH3 is 1. The molecule has 0 bridgehead atoms. The molecule has 2 fully saturated rings. The number of hydrogen-bond acceptors (Lipinski definition) is 5. The van der Waals surface area contributed by atoms with E-state index in [0.29, 0.717) is 35.9 Å². The summed E-state index contributed by atoms with van der Waals surface area (Å²) in [6, 6.07) is 9.15. The fourth-order valence-electron chi connectivity index (χ4n) is 4.59. The van der Waals surface area contributed by atoms with Crippen molar-refractivity contribution in [3.63, 3.8) is 0 Å². The fraction of sp³-hybridized carbons (Fsp3) is 0.417. The summed E-state index contributed by atoms with van der Waals surface area (Å²) in [6.07, 6.45) is 3.01. The van der Waals surface area contributed by atoms with Crippen LogP contribution in [0.1, 0.15) is 63.2 Å². The third kappa shape index (κ3) is 3.49. The molecule has 2 aromatic heterocycles. The predicted molar refractivity (Wildman–Crippen MR) is 120 cm³/mol. The van der Waals surface area contributed by atoms with Gasteiger partial charge in [0.2, 0.25) is 0 Å². The molecular formula is C24H27N5O3. The van der Waals surface area contributed by atoms with Gasteiger partial charge < -0.3 is 15.0 Å². The quantitative estimate of drug-likeness (QED) is 0.668. The highest BCUT2D eigenvalue weighted by atomic mass is 16.5. The number of nitrogens with one attached hydrogen (secondary N) is 1. The van der Waals surface area contributed by atoms with Gasteiger partial charge in [0.15, 0.2) is 5.65 Å². The van der Waals surface area contributed by atoms with E-state index in [-0.39, 0.29) is 17.7 Å². The normalized spacial score (nSPS) is 18.2. The Morgan fingerprint density at radius 2 is 1.97 bits per heavy atom. The molecule has 1 atom stereocenters. The van der Waals surface area contributed by atoms with Crippen molar-refractivity contribution in [3.05, 3.63) is 52.8 Å². The molecule has 8 nitrogen and oxygen atoms in total. The maximum Gasteiger partial charge on any atom is 0.254 e. The number of carbonyl (C=O) groups is 2. The van der Waals surface area contributed by atoms with Gasteiger partial charge in [0, 0.05) is 50.3 Å². The standard InChI is InChI=1S/C24H27N5O3/c1-25-23(30)18-12-19(14-7-8-14)26-22-20(18)21(27-28(22)2)16-9-10-29(13-16)24(31)15-5-4-6-17(11-15)32-3/h4-6,11-12,14,16H,7-10,13H2,1-3H3,(H,25,30). The highest BCUT2D eigenvalue weighted by Crippen LogP contribution is 2.41. The number of aromatic nitrogens is 3. The maximum absolute atomic E-state index is 13.1. The molecule has 1 aliphatic heterocycles. The number of nitrogens with zero attached hydrogens (tertiary/aromatic N) is 4. The first-order valence-corrected chi connectivity index (χ1v) is 11.0. The Kier molecular flexibility index (Phi) is 5.07. The molecule has 0 spiro atoms. The molecule has 5 rings (SSSR count). The molecule has 166 valence electrons. The molecule has 1 aromatic carbocycles. The lowest BCUT2D eigenvalue weighted by molar-refractivity contribution is 0.0790. The third-order valence-electron chi connectivity index (χ3n) is 6.49. The molecule has 1 saturated carbocycles. The van der Waals surface area contributed by atoms with Gasteiger partial charge in [0.05, 0.1) is 23.8 Å². The SMILES string of the molecule is CNC(=O)c1cc(C2CC2)nc2c1c(C1CCN(C(=O)c3cccc(OC)c3)C1)nn2C. The van der Waals surface area contributed by atoms with Crippen LogP contribution in [-0.4, -0.2) is 58.7 Å². The van der Waals surface area contributed by atoms with Crippen LogP contribution in [0.2, 0.25) is 0 Å². The van der Waals surface area contributed by atoms with E-state index >= 15 is 0 Å². The van der Waals surface area contributed by atoms with Crippen LogP contribution in [0.5, 0.6) is 5.75 Å². The van der Waals surface area contributed by atoms with Crippen molar-refractivity contribution >= 4 is 22.8 Å². The summed E-state index contributed by atoms with van der Waals surface area (Å²) in [6.45, 7) is 1.20. The summed E-state index contributed by atoms with van der Waals surface area (Å²) in [5.41, 5.74) is 3.78. The Bertz CT molecular complexity index is 1210. The zero-order valence-corrected chi connectivity index (χ0v) is 18.6. The van der Waals surface area contributed by atoms with Gasteiger partial charge in [-0.15, -0.1) is 0 Å². The molecule has 3 aromatic rings. The molecule has 8 heteroatoms. The summed E-state index contributed by atoms with van der Waals surface area (Å²) >= 11 is 0. The van der Waals surface area contributed by atoms with Gasteiger partial charge >= 0.3 is 0 Å². The first-order valence-electron chi connectivity index (χ1n) is 11.0. The van der Waals surface area contributed by atoms with E-state index in [1.807, 2.05) is 30.1 Å². The van der Waals surface area contributed by atoms with E-state index in [1.165, 1.54) is 0 Å². The number of amides is 2. The van der Waals surface area contributed by atoms with Gasteiger partial charge in [0.25, 0.3) is 11.8 Å². The number of aryl methyl sites for hydroxylation is 1. The van der Waals surface area contributed by atoms with Gasteiger partial charge in [-0.1, -0.05) is 6.07 Å². The third-order valence-corrected chi connectivity index (χ3v) is 6.49. The molecule has 1 aliphatic carbocycles. The van der Waals surface area contributed by atoms with E-state index in [0.717, 1.165) is 41.7 Å². The van der Waals surface area contributed by atoms with Crippen LogP contribution in [0.15, 0.2) is 30.3 Å². The van der Waals surface area contributed by atoms with Crippen molar-refractivity contribution in [2.24, 2.45) is 7.05 Å². The molecule has 2 amide bonds. The second-order valence-electron chi connectivity index (χ2n) is 8.62. The van der Waals surface area contributed by atoms with E-state index in [1.54, 1.807) is 31.0 Å². The number of rotatable bonds is 5. The minimum Gasteiger partial charge on any atom is -0.497 e. The van der Waals surface area contributed by atoms with Crippen molar-refractivity contribution in [3.8, 4) is 5.75 Å². The number of carbonyl (C=O) groups excluding carboxylic acids is 2. The van der Waals surface area contributed by atoms with Gasteiger partial charge in [-0.3, -0.25) is 14.3 Å². The summed E-state index contributed by atoms with van der Waals surface area (Å²) in [7, 11) is 5.11. The summed E-state index contributed by atoms with van der Waals surface area (Å²) in [5.74, 6) is 0.993. The first-order chi connectivity index (χ1) is 15.5. The maximum atomic E-state index is 13.1. The number of pyridine rings is 1. The fourth-order valence-corrected chi connectivity index (χ4v) is 4.59. The summed E-state index contributed by atoms with van der Waals surface area (Å²) < 4.78 is 7.03. The van der Waals surface area contributed by atoms with Gasteiger partial charge in [-0.2, -0.15) is 5.10 Å². The van der Waals surface area contributed by atoms with Crippen LogP contribution in [0.25, 0.3) is 11.0 Å². The molecule has 2 aliphatic rings. The number of benzene rings is 1. The average molecular weight is 434 g/mol. The topological polar surface area (TPSA) is 89.3 Å². The van der Waals surface area contributed by atoms with Crippen molar-refractivity contribution in [1.29, 1.82) is 0 Å². The first kappa shape index (κ1) is 20.5. The molecule has 1 unspecified atom stereocenters. The van der Waals surface area contributed by atoms with Crippen LogP contribution >= 0.6 is 0 Å². The molecule has 32 heavy (non-hydrogen) atoms. The van der Waals surface area contributed by atoms with Gasteiger partial charge in [-0.25, -0.2) is 4.98 Å². The highest BCUT2D eigenvalue weighted by molar-refractivity contribution is 6.06. The minimum absolute atomic E-state index is 0.0210. The lowest BCUT2D eigenvalue weighted by Gasteiger charge is -2.17. The lowest BCUT2D eigenvalue weighted by atomic mass is 9.98. The predicted octanol–water partition coefficient (Wildman–Crippen LogP) is 2.84. The lowest BCUT2D eigenvalue weighted by Crippen LogP contribution is -2.28. The number of fused-ring (bicyclic) bond motifs is 1. The Labute approximate surface area is 186 Å². The van der Waals surface area contributed by atoms with Crippen molar-refractivity contribution in [1.82, 2.24) is 25.0 Å². The summed E-state index contributed by atoms with van der Waals surface area (Å²) in [4.78, 5) is 32.5. The van der Waals surface area contributed by atoms with E-state index < -0.39 is 0 Å². The molecule has 0 radical (unpaired) electrons. The van der Waals surface area contributed by atoms with Crippen LogP contribution in [0.4, 0.5) is 0 Å². The number of hydrogen-bond donors (Lipinski definition) is 1. The zero-order chi connectivity index (χ0) is 22.4. The molecular weight excluding hydrogens is 406 g/mol. The van der Waals surface area contributed by atoms with Crippen molar-refractivity contribution < 1.29 is 14.3 Å². The van der Waals surface area contributed by atoms with Gasteiger partial charge in [-0.05, 0) is 43.5 Å². The van der Waals surface area contributed by atoms with Crippen LogP contribution in [-0.2, 0) is 7.05 Å². The van der Waals surface area contributed by atoms with Crippen LogP contribution in [0.3, 0.4) is 0 Å². The van der Waals surface area contributed by atoms with Gasteiger partial charge in [0.1, 0.15) is 5.75 Å². The monoisotopic (exact) mass is 433 g/mol. The van der Waals surface area contributed by atoms with E-state index in [9.17, 15) is 9.59 Å². The Morgan fingerprint density at radius 1 is 1.16 bits per heavy atom. The molecule has 1 N–H and O–H groups in total. The van der Waals surface area contributed by atoms with E-state index in [4.69, 9.17) is 14.8 Å². The Balaban J connectivity index is 1.48. The summed E-state index contributed by atoms with van der Waals surface area (Å²) in [5, 5.41) is 8.35. The minimum atomic E-state index is -0.129. The molecule has 3 heterocycles. The van der Waals surface area contributed by atoms with Crippen LogP contribution in [0, 0.1) is 0 Å². The second-order valence-corrected chi connectivity index (χ2v) is 8.62. The van der Waals surface area contributed by atoms with Crippen LogP contribution < -0.4 is 10.1 Å². The zero-order valence-electron chi connectivity index (χ0n) is 18.6. The Morgan fingerprint density at radius 3 is 2.69 bits per heavy atom. The van der Waals surface area contributed by atoms with E-state index in [2.05, 4.69) is 5.32 Å². The Hall–Kier alpha value is -3.42. The molecule has 1 saturated heterocycles. The average Bonchev–Trinajstić information content (AvgIpc) is 3.47. The largest absolute Gasteiger partial charge is 0.497 e. The van der Waals surface area contributed by atoms with Crippen molar-refractivity contribution in [2.45, 2.75) is 31.1 Å². The van der Waals surface area contributed by atoms with Crippen molar-refractivity contribution in [2.75, 3.05) is 27.2 Å². The number of ether oxygens (including phenoxy) is 1. The number of likely N-dealkylation sites (tertiary alicyclic amines) is 1. The smallest absolute Gasteiger partial charge is 0.254 e. The second kappa shape index (κ2) is 7.93. The highest BCUT2D eigenvalue weighted by Gasteiger charge is 2.34.